The van der Waals surface area contributed by atoms with Crippen LogP contribution in [0, 0.1) is 11.8 Å². The maximum atomic E-state index is 5.39. The van der Waals surface area contributed by atoms with Crippen LogP contribution in [0.3, 0.4) is 0 Å². The van der Waals surface area contributed by atoms with Gasteiger partial charge < -0.3 is 20.3 Å². The highest BCUT2D eigenvalue weighted by Crippen LogP contribution is 2.36. The summed E-state index contributed by atoms with van der Waals surface area (Å²) in [6, 6.07) is 6.80. The Balaban J connectivity index is 1.19. The molecule has 0 aliphatic carbocycles. The van der Waals surface area contributed by atoms with E-state index in [1.165, 1.54) is 32.5 Å². The maximum absolute atomic E-state index is 5.39. The summed E-state index contributed by atoms with van der Waals surface area (Å²) in [6.45, 7) is 10.6. The van der Waals surface area contributed by atoms with Crippen LogP contribution in [0.2, 0.25) is 0 Å². The molecule has 1 unspecified atom stereocenters. The smallest absolute Gasteiger partial charge is 0.166 e. The van der Waals surface area contributed by atoms with Gasteiger partial charge in [0.15, 0.2) is 5.11 Å². The van der Waals surface area contributed by atoms with Gasteiger partial charge in [-0.3, -0.25) is 9.80 Å². The molecule has 0 amide bonds. The lowest BCUT2D eigenvalue weighted by Gasteiger charge is -2.51. The molecule has 0 spiro atoms. The van der Waals surface area contributed by atoms with Crippen LogP contribution in [0.15, 0.2) is 24.4 Å². The summed E-state index contributed by atoms with van der Waals surface area (Å²) in [4.78, 5) is 12.3. The van der Waals surface area contributed by atoms with E-state index in [1.54, 1.807) is 7.11 Å². The van der Waals surface area contributed by atoms with E-state index in [4.69, 9.17) is 17.0 Å². The lowest BCUT2D eigenvalue weighted by molar-refractivity contribution is -0.0110. The summed E-state index contributed by atoms with van der Waals surface area (Å²) in [7, 11) is 1.71. The maximum Gasteiger partial charge on any atom is 0.166 e. The Kier molecular flexibility index (Phi) is 7.76. The third kappa shape index (κ3) is 5.60. The van der Waals surface area contributed by atoms with Crippen molar-refractivity contribution in [2.75, 3.05) is 77.5 Å². The van der Waals surface area contributed by atoms with Crippen molar-refractivity contribution < 1.29 is 4.74 Å². The average Bonchev–Trinajstić information content (AvgIpc) is 2.80. The van der Waals surface area contributed by atoms with Gasteiger partial charge in [-0.1, -0.05) is 6.07 Å². The van der Waals surface area contributed by atoms with Gasteiger partial charge in [0.05, 0.1) is 6.61 Å². The fourth-order valence-corrected chi connectivity index (χ4v) is 5.43. The van der Waals surface area contributed by atoms with Gasteiger partial charge in [-0.25, -0.2) is 4.98 Å². The first-order valence-corrected chi connectivity index (χ1v) is 11.8. The zero-order valence-corrected chi connectivity index (χ0v) is 18.9. The van der Waals surface area contributed by atoms with Crippen molar-refractivity contribution in [1.82, 2.24) is 25.4 Å². The second-order valence-electron chi connectivity index (χ2n) is 8.80. The third-order valence-corrected chi connectivity index (χ3v) is 7.23. The van der Waals surface area contributed by atoms with E-state index in [0.717, 1.165) is 62.0 Å². The number of nitrogens with one attached hydrogen (secondary N) is 2. The summed E-state index contributed by atoms with van der Waals surface area (Å²) < 4.78 is 5.06. The number of hydrogen-bond acceptors (Lipinski definition) is 6. The largest absolute Gasteiger partial charge is 0.383 e. The van der Waals surface area contributed by atoms with Gasteiger partial charge in [-0.15, -0.1) is 0 Å². The van der Waals surface area contributed by atoms with Crippen LogP contribution < -0.4 is 15.5 Å². The van der Waals surface area contributed by atoms with Crippen molar-refractivity contribution in [1.29, 1.82) is 0 Å². The number of aromatic nitrogens is 1. The van der Waals surface area contributed by atoms with Gasteiger partial charge >= 0.3 is 0 Å². The molecule has 0 aromatic carbocycles. The van der Waals surface area contributed by atoms with Crippen LogP contribution in [0.5, 0.6) is 0 Å². The first-order chi connectivity index (χ1) is 14.7. The molecular formula is C22H36N6OS. The van der Waals surface area contributed by atoms with Crippen molar-refractivity contribution in [2.45, 2.75) is 18.9 Å². The molecule has 4 aliphatic rings. The van der Waals surface area contributed by atoms with E-state index in [1.807, 2.05) is 12.3 Å². The highest BCUT2D eigenvalue weighted by atomic mass is 32.1. The number of hydrogen-bond donors (Lipinski definition) is 2. The molecule has 4 aliphatic heterocycles. The molecule has 0 saturated carbocycles. The van der Waals surface area contributed by atoms with Crippen molar-refractivity contribution in [3.63, 3.8) is 0 Å². The number of thiocarbonyl (C=S) groups is 1. The molecule has 2 N–H and O–H groups in total. The van der Waals surface area contributed by atoms with E-state index >= 15 is 0 Å². The Morgan fingerprint density at radius 1 is 1.20 bits per heavy atom. The van der Waals surface area contributed by atoms with Gasteiger partial charge in [-0.05, 0) is 55.6 Å². The zero-order chi connectivity index (χ0) is 20.8. The Morgan fingerprint density at radius 3 is 2.77 bits per heavy atom. The van der Waals surface area contributed by atoms with Crippen molar-refractivity contribution in [2.24, 2.45) is 11.8 Å². The first-order valence-electron chi connectivity index (χ1n) is 11.4. The molecule has 30 heavy (non-hydrogen) atoms. The first kappa shape index (κ1) is 21.7. The Labute approximate surface area is 186 Å². The standard InChI is InChI=1S/C22H36N6OS/c1-29-13-7-24-22(30)25-15-20-14-18-5-8-28(20)17-19(18)16-26-9-11-27(12-10-26)21-4-2-3-6-23-21/h2-4,6,18-20H,5,7-17H2,1H3,(H2,24,25,30)/t18-,19-,20+/m0/s1. The van der Waals surface area contributed by atoms with Crippen LogP contribution in [-0.4, -0.2) is 98.6 Å². The molecule has 4 fully saturated rings. The van der Waals surface area contributed by atoms with Gasteiger partial charge in [0.2, 0.25) is 0 Å². The van der Waals surface area contributed by atoms with E-state index in [0.29, 0.717) is 12.6 Å². The van der Waals surface area contributed by atoms with Crippen molar-refractivity contribution in [3.8, 4) is 0 Å². The van der Waals surface area contributed by atoms with Crippen LogP contribution in [0.1, 0.15) is 12.8 Å². The van der Waals surface area contributed by atoms with Crippen LogP contribution in [0.25, 0.3) is 0 Å². The number of pyridine rings is 1. The fraction of sp³-hybridized carbons (Fsp3) is 0.727. The molecular weight excluding hydrogens is 396 g/mol. The number of piperidine rings is 3. The zero-order valence-electron chi connectivity index (χ0n) is 18.1. The van der Waals surface area contributed by atoms with Gasteiger partial charge in [0.1, 0.15) is 5.82 Å². The molecule has 1 aromatic rings. The quantitative estimate of drug-likeness (QED) is 0.467. The average molecular weight is 433 g/mol. The normalized spacial score (nSPS) is 29.0. The molecule has 8 heteroatoms. The second-order valence-corrected chi connectivity index (χ2v) is 9.21. The summed E-state index contributed by atoms with van der Waals surface area (Å²) in [5.41, 5.74) is 0. The lowest BCUT2D eigenvalue weighted by atomic mass is 9.75. The van der Waals surface area contributed by atoms with Gasteiger partial charge in [-0.2, -0.15) is 0 Å². The predicted octanol–water partition coefficient (Wildman–Crippen LogP) is 1.02. The summed E-state index contributed by atoms with van der Waals surface area (Å²) >= 11 is 5.39. The Morgan fingerprint density at radius 2 is 2.07 bits per heavy atom. The molecule has 4 saturated heterocycles. The fourth-order valence-electron chi connectivity index (χ4n) is 5.24. The minimum Gasteiger partial charge on any atom is -0.383 e. The van der Waals surface area contributed by atoms with Crippen LogP contribution in [-0.2, 0) is 4.74 Å². The third-order valence-electron chi connectivity index (χ3n) is 6.94. The molecule has 5 heterocycles. The van der Waals surface area contributed by atoms with Crippen molar-refractivity contribution >= 4 is 23.1 Å². The number of anilines is 1. The molecule has 0 radical (unpaired) electrons. The molecule has 7 nitrogen and oxygen atoms in total. The summed E-state index contributed by atoms with van der Waals surface area (Å²) in [6.07, 6.45) is 4.54. The number of methoxy groups -OCH3 is 1. The summed E-state index contributed by atoms with van der Waals surface area (Å²) in [5.74, 6) is 2.78. The highest BCUT2D eigenvalue weighted by molar-refractivity contribution is 7.80. The van der Waals surface area contributed by atoms with E-state index < -0.39 is 0 Å². The predicted molar refractivity (Wildman–Crippen MR) is 125 cm³/mol. The number of fused-ring (bicyclic) bond motifs is 3. The van der Waals surface area contributed by atoms with E-state index in [-0.39, 0.29) is 0 Å². The topological polar surface area (TPSA) is 55.9 Å². The molecule has 4 atom stereocenters. The molecule has 2 bridgehead atoms. The van der Waals surface area contributed by atoms with Gasteiger partial charge in [0, 0.05) is 71.7 Å². The van der Waals surface area contributed by atoms with Crippen LogP contribution >= 0.6 is 12.2 Å². The van der Waals surface area contributed by atoms with Crippen LogP contribution in [0.4, 0.5) is 5.82 Å². The molecule has 166 valence electrons. The number of rotatable bonds is 8. The number of piperazine rings is 1. The minimum atomic E-state index is 0.614. The molecule has 5 rings (SSSR count). The molecule has 1 aromatic heterocycles. The number of ether oxygens (including phenoxy) is 1. The SMILES string of the molecule is COCCNC(=S)NC[C@H]1C[C@@H]2CCN1C[C@@H]2CN1CCN(c2ccccn2)CC1. The van der Waals surface area contributed by atoms with E-state index in [9.17, 15) is 0 Å². The Bertz CT molecular complexity index is 669. The number of nitrogens with zero attached hydrogens (tertiary/aromatic N) is 4. The second kappa shape index (κ2) is 10.7. The minimum absolute atomic E-state index is 0.614. The lowest BCUT2D eigenvalue weighted by Crippen LogP contribution is -2.59. The summed E-state index contributed by atoms with van der Waals surface area (Å²) in [5, 5.41) is 7.37. The van der Waals surface area contributed by atoms with Crippen molar-refractivity contribution in [3.05, 3.63) is 24.4 Å². The van der Waals surface area contributed by atoms with E-state index in [2.05, 4.69) is 42.5 Å². The highest BCUT2D eigenvalue weighted by Gasteiger charge is 2.40. The Hall–Kier alpha value is -1.48. The monoisotopic (exact) mass is 432 g/mol. The van der Waals surface area contributed by atoms with Gasteiger partial charge in [0.25, 0.3) is 0 Å².